The van der Waals surface area contributed by atoms with E-state index < -0.39 is 0 Å². The molecule has 160 valence electrons. The normalized spacial score (nSPS) is 12.2. The van der Waals surface area contributed by atoms with Crippen LogP contribution < -0.4 is 24.3 Å². The Labute approximate surface area is 181 Å². The maximum atomic E-state index is 12.8. The Hall–Kier alpha value is -3.67. The van der Waals surface area contributed by atoms with E-state index in [-0.39, 0.29) is 12.5 Å². The van der Waals surface area contributed by atoms with Crippen LogP contribution in [0.25, 0.3) is 0 Å². The van der Waals surface area contributed by atoms with Crippen LogP contribution in [0.3, 0.4) is 0 Å². The maximum Gasteiger partial charge on any atom is 0.255 e. The summed E-state index contributed by atoms with van der Waals surface area (Å²) < 4.78 is 22.5. The van der Waals surface area contributed by atoms with Gasteiger partial charge in [0.05, 0.1) is 7.11 Å². The van der Waals surface area contributed by atoms with Gasteiger partial charge in [-0.2, -0.15) is 0 Å². The van der Waals surface area contributed by atoms with Gasteiger partial charge in [-0.1, -0.05) is 6.07 Å². The zero-order valence-corrected chi connectivity index (χ0v) is 17.9. The molecular weight excluding hydrogens is 394 g/mol. The Morgan fingerprint density at radius 3 is 2.42 bits per heavy atom. The minimum Gasteiger partial charge on any atom is -0.496 e. The number of hydrogen-bond donors (Lipinski definition) is 1. The van der Waals surface area contributed by atoms with Gasteiger partial charge in [0.1, 0.15) is 31.3 Å². The lowest BCUT2D eigenvalue weighted by Crippen LogP contribution is -2.16. The van der Waals surface area contributed by atoms with E-state index in [1.54, 1.807) is 43.5 Å². The molecule has 0 bridgehead atoms. The summed E-state index contributed by atoms with van der Waals surface area (Å²) in [4.78, 5) is 12.8. The number of benzene rings is 3. The van der Waals surface area contributed by atoms with Crippen LogP contribution in [0.15, 0.2) is 54.6 Å². The van der Waals surface area contributed by atoms with Gasteiger partial charge in [-0.05, 0) is 67.4 Å². The molecule has 0 radical (unpaired) electrons. The zero-order valence-electron chi connectivity index (χ0n) is 17.9. The molecule has 1 amide bonds. The van der Waals surface area contributed by atoms with E-state index in [0.717, 1.165) is 22.4 Å². The Balaban J connectivity index is 1.50. The minimum atomic E-state index is -0.230. The lowest BCUT2D eigenvalue weighted by molar-refractivity contribution is 0.102. The highest BCUT2D eigenvalue weighted by Crippen LogP contribution is 2.33. The third-order valence-electron chi connectivity index (χ3n) is 4.93. The number of hydrogen-bond acceptors (Lipinski definition) is 5. The molecule has 0 unspecified atom stereocenters. The van der Waals surface area contributed by atoms with Gasteiger partial charge in [-0.25, -0.2) is 0 Å². The Bertz CT molecular complexity index is 1090. The summed E-state index contributed by atoms with van der Waals surface area (Å²) in [6.07, 6.45) is 0. The highest BCUT2D eigenvalue weighted by atomic mass is 16.6. The number of aryl methyl sites for hydroxylation is 2. The van der Waals surface area contributed by atoms with Crippen molar-refractivity contribution >= 4 is 11.6 Å². The number of amides is 1. The molecule has 1 aliphatic heterocycles. The number of methoxy groups -OCH3 is 1. The first-order valence-corrected chi connectivity index (χ1v) is 10.1. The van der Waals surface area contributed by atoms with Gasteiger partial charge in [-0.15, -0.1) is 0 Å². The van der Waals surface area contributed by atoms with Crippen LogP contribution >= 0.6 is 0 Å². The lowest BCUT2D eigenvalue weighted by Gasteiger charge is -2.19. The van der Waals surface area contributed by atoms with E-state index >= 15 is 0 Å². The Kier molecular flexibility index (Phi) is 5.98. The van der Waals surface area contributed by atoms with Crippen molar-refractivity contribution in [2.24, 2.45) is 0 Å². The van der Waals surface area contributed by atoms with E-state index in [1.807, 2.05) is 26.0 Å². The number of anilines is 1. The molecule has 4 rings (SSSR count). The number of rotatable bonds is 6. The molecule has 1 aliphatic rings. The van der Waals surface area contributed by atoms with Crippen molar-refractivity contribution in [3.8, 4) is 23.0 Å². The first-order valence-electron chi connectivity index (χ1n) is 10.1. The maximum absolute atomic E-state index is 12.8. The third-order valence-corrected chi connectivity index (χ3v) is 4.93. The molecule has 1 heterocycles. The van der Waals surface area contributed by atoms with Gasteiger partial charge < -0.3 is 24.3 Å². The van der Waals surface area contributed by atoms with Crippen LogP contribution in [-0.4, -0.2) is 26.2 Å². The fraction of sp³-hybridized carbons (Fsp3) is 0.240. The van der Waals surface area contributed by atoms with Crippen LogP contribution in [0.5, 0.6) is 23.0 Å². The van der Waals surface area contributed by atoms with Crippen LogP contribution in [-0.2, 0) is 6.61 Å². The predicted octanol–water partition coefficient (Wildman–Crippen LogP) is 4.91. The van der Waals surface area contributed by atoms with Gasteiger partial charge >= 0.3 is 0 Å². The fourth-order valence-electron chi connectivity index (χ4n) is 3.53. The van der Waals surface area contributed by atoms with E-state index in [9.17, 15) is 4.79 Å². The quantitative estimate of drug-likeness (QED) is 0.615. The van der Waals surface area contributed by atoms with Gasteiger partial charge in [0.25, 0.3) is 5.91 Å². The lowest BCUT2D eigenvalue weighted by atomic mass is 10.1. The first kappa shape index (κ1) is 20.6. The molecule has 0 aromatic heterocycles. The zero-order chi connectivity index (χ0) is 21.8. The van der Waals surface area contributed by atoms with E-state index in [4.69, 9.17) is 18.9 Å². The van der Waals surface area contributed by atoms with Crippen molar-refractivity contribution in [3.63, 3.8) is 0 Å². The molecule has 1 N–H and O–H groups in total. The van der Waals surface area contributed by atoms with E-state index in [0.29, 0.717) is 41.7 Å². The van der Waals surface area contributed by atoms with Gasteiger partial charge in [-0.3, -0.25) is 4.79 Å². The standard InChI is InChI=1S/C25H25NO5/c1-16-10-17(2)12-21(11-16)31-15-19-13-18(4-6-22(19)28-3)25(27)26-20-5-7-23-24(14-20)30-9-8-29-23/h4-7,10-14H,8-9,15H2,1-3H3,(H,26,27). The first-order chi connectivity index (χ1) is 15.0. The molecule has 0 saturated heterocycles. The Morgan fingerprint density at radius 2 is 1.68 bits per heavy atom. The van der Waals surface area contributed by atoms with Crippen molar-refractivity contribution in [2.45, 2.75) is 20.5 Å². The summed E-state index contributed by atoms with van der Waals surface area (Å²) in [6.45, 7) is 5.37. The number of nitrogens with one attached hydrogen (secondary N) is 1. The predicted molar refractivity (Wildman–Crippen MR) is 119 cm³/mol. The minimum absolute atomic E-state index is 0.230. The number of carbonyl (C=O) groups is 1. The van der Waals surface area contributed by atoms with Gasteiger partial charge in [0.2, 0.25) is 0 Å². The largest absolute Gasteiger partial charge is 0.496 e. The molecule has 6 nitrogen and oxygen atoms in total. The van der Waals surface area contributed by atoms with Gasteiger partial charge in [0.15, 0.2) is 11.5 Å². The molecule has 0 saturated carbocycles. The Morgan fingerprint density at radius 1 is 0.935 bits per heavy atom. The van der Waals surface area contributed by atoms with Crippen LogP contribution in [0.1, 0.15) is 27.0 Å². The van der Waals surface area contributed by atoms with Crippen LogP contribution in [0, 0.1) is 13.8 Å². The van der Waals surface area contributed by atoms with Crippen LogP contribution in [0.4, 0.5) is 5.69 Å². The molecule has 3 aromatic carbocycles. The number of fused-ring (bicyclic) bond motifs is 1. The summed E-state index contributed by atoms with van der Waals surface area (Å²) in [6, 6.07) is 16.7. The second kappa shape index (κ2) is 9.00. The highest BCUT2D eigenvalue weighted by Gasteiger charge is 2.15. The van der Waals surface area contributed by atoms with E-state index in [1.165, 1.54) is 0 Å². The average Bonchev–Trinajstić information content (AvgIpc) is 2.76. The summed E-state index contributed by atoms with van der Waals surface area (Å²) >= 11 is 0. The summed E-state index contributed by atoms with van der Waals surface area (Å²) in [5.74, 6) is 2.53. The summed E-state index contributed by atoms with van der Waals surface area (Å²) in [7, 11) is 1.60. The molecule has 31 heavy (non-hydrogen) atoms. The molecule has 6 heteroatoms. The molecule has 0 fully saturated rings. The number of carbonyl (C=O) groups excluding carboxylic acids is 1. The third kappa shape index (κ3) is 4.91. The van der Waals surface area contributed by atoms with Crippen molar-refractivity contribution in [1.82, 2.24) is 0 Å². The smallest absolute Gasteiger partial charge is 0.255 e. The molecule has 0 atom stereocenters. The van der Waals surface area contributed by atoms with Crippen molar-refractivity contribution < 1.29 is 23.7 Å². The molecular formula is C25H25NO5. The van der Waals surface area contributed by atoms with E-state index in [2.05, 4.69) is 11.4 Å². The van der Waals surface area contributed by atoms with Crippen molar-refractivity contribution in [3.05, 3.63) is 76.9 Å². The second-order valence-corrected chi connectivity index (χ2v) is 7.45. The average molecular weight is 419 g/mol. The topological polar surface area (TPSA) is 66.0 Å². The van der Waals surface area contributed by atoms with Crippen molar-refractivity contribution in [2.75, 3.05) is 25.6 Å². The van der Waals surface area contributed by atoms with Gasteiger partial charge in [0, 0.05) is 22.9 Å². The van der Waals surface area contributed by atoms with Crippen molar-refractivity contribution in [1.29, 1.82) is 0 Å². The molecule has 0 spiro atoms. The highest BCUT2D eigenvalue weighted by molar-refractivity contribution is 6.04. The monoisotopic (exact) mass is 419 g/mol. The SMILES string of the molecule is COc1ccc(C(=O)Nc2ccc3c(c2)OCCO3)cc1COc1cc(C)cc(C)c1. The van der Waals surface area contributed by atoms with Crippen LogP contribution in [0.2, 0.25) is 0 Å². The second-order valence-electron chi connectivity index (χ2n) is 7.45. The summed E-state index contributed by atoms with van der Waals surface area (Å²) in [5, 5.41) is 2.91. The fourth-order valence-corrected chi connectivity index (χ4v) is 3.53. The summed E-state index contributed by atoms with van der Waals surface area (Å²) in [5.41, 5.74) is 4.20. The molecule has 0 aliphatic carbocycles. The molecule has 3 aromatic rings. The number of ether oxygens (including phenoxy) is 4.